The first-order chi connectivity index (χ1) is 6.94. The zero-order chi connectivity index (χ0) is 11.5. The molecule has 0 aliphatic rings. The van der Waals surface area contributed by atoms with E-state index in [-0.39, 0.29) is 17.4 Å². The average Bonchev–Trinajstić information content (AvgIpc) is 2.61. The molecule has 0 fully saturated rings. The number of nitrogens with two attached hydrogens (primary N) is 1. The zero-order valence-corrected chi connectivity index (χ0v) is 9.84. The number of nitrogens with zero attached hydrogens (tertiary/aromatic N) is 1. The molecule has 1 rings (SSSR count). The van der Waals surface area contributed by atoms with E-state index in [1.54, 1.807) is 13.0 Å². The Balaban J connectivity index is 2.54. The standard InChI is InChI=1S/C9H17N3O2S/c1-3-15(13,14)5-4-7(2)8-6-9(10)12-11-8/h6-7H,3-5H2,1-2H3,(H3,10,11,12). The van der Waals surface area contributed by atoms with Gasteiger partial charge in [-0.15, -0.1) is 0 Å². The van der Waals surface area contributed by atoms with E-state index in [1.807, 2.05) is 6.92 Å². The van der Waals surface area contributed by atoms with Gasteiger partial charge in [-0.1, -0.05) is 13.8 Å². The molecule has 0 aromatic carbocycles. The van der Waals surface area contributed by atoms with Crippen molar-refractivity contribution in [3.05, 3.63) is 11.8 Å². The molecule has 1 atom stereocenters. The summed E-state index contributed by atoms with van der Waals surface area (Å²) in [6.45, 7) is 3.62. The summed E-state index contributed by atoms with van der Waals surface area (Å²) in [5, 5.41) is 6.60. The van der Waals surface area contributed by atoms with E-state index in [4.69, 9.17) is 5.73 Å². The summed E-state index contributed by atoms with van der Waals surface area (Å²) >= 11 is 0. The monoisotopic (exact) mass is 231 g/mol. The maximum absolute atomic E-state index is 11.3. The summed E-state index contributed by atoms with van der Waals surface area (Å²) < 4.78 is 22.6. The Hall–Kier alpha value is -1.04. The third-order valence-corrected chi connectivity index (χ3v) is 4.19. The Morgan fingerprint density at radius 3 is 2.73 bits per heavy atom. The topological polar surface area (TPSA) is 88.8 Å². The van der Waals surface area contributed by atoms with Gasteiger partial charge in [0.2, 0.25) is 0 Å². The summed E-state index contributed by atoms with van der Waals surface area (Å²) in [4.78, 5) is 0. The van der Waals surface area contributed by atoms with Crippen molar-refractivity contribution >= 4 is 15.7 Å². The minimum atomic E-state index is -2.88. The molecule has 0 amide bonds. The van der Waals surface area contributed by atoms with Crippen molar-refractivity contribution in [3.8, 4) is 0 Å². The molecule has 6 heteroatoms. The minimum absolute atomic E-state index is 0.135. The molecule has 0 saturated heterocycles. The molecule has 86 valence electrons. The molecule has 3 N–H and O–H groups in total. The van der Waals surface area contributed by atoms with Crippen LogP contribution in [0.4, 0.5) is 5.82 Å². The molecular weight excluding hydrogens is 214 g/mol. The highest BCUT2D eigenvalue weighted by Crippen LogP contribution is 2.18. The smallest absolute Gasteiger partial charge is 0.150 e. The lowest BCUT2D eigenvalue weighted by molar-refractivity contribution is 0.588. The first-order valence-electron chi connectivity index (χ1n) is 4.96. The van der Waals surface area contributed by atoms with Crippen LogP contribution in [0.15, 0.2) is 6.07 Å². The predicted octanol–water partition coefficient (Wildman–Crippen LogP) is 0.920. The van der Waals surface area contributed by atoms with Gasteiger partial charge < -0.3 is 5.73 Å². The molecule has 0 spiro atoms. The fraction of sp³-hybridized carbons (Fsp3) is 0.667. The molecular formula is C9H17N3O2S. The van der Waals surface area contributed by atoms with Crippen LogP contribution in [0.1, 0.15) is 31.9 Å². The van der Waals surface area contributed by atoms with Crippen molar-refractivity contribution < 1.29 is 8.42 Å². The maximum atomic E-state index is 11.3. The van der Waals surface area contributed by atoms with Gasteiger partial charge in [-0.25, -0.2) is 8.42 Å². The number of nitrogen functional groups attached to an aromatic ring is 1. The van der Waals surface area contributed by atoms with Crippen LogP contribution in [0, 0.1) is 0 Å². The van der Waals surface area contributed by atoms with Gasteiger partial charge in [0.05, 0.1) is 5.75 Å². The Kier molecular flexibility index (Phi) is 3.73. The number of sulfone groups is 1. The lowest BCUT2D eigenvalue weighted by atomic mass is 10.1. The fourth-order valence-corrected chi connectivity index (χ4v) is 2.26. The van der Waals surface area contributed by atoms with E-state index in [1.165, 1.54) is 0 Å². The second-order valence-electron chi connectivity index (χ2n) is 3.67. The van der Waals surface area contributed by atoms with Crippen LogP contribution >= 0.6 is 0 Å². The van der Waals surface area contributed by atoms with E-state index in [9.17, 15) is 8.42 Å². The van der Waals surface area contributed by atoms with Crippen molar-refractivity contribution in [2.45, 2.75) is 26.2 Å². The molecule has 0 aliphatic heterocycles. The van der Waals surface area contributed by atoms with Gasteiger partial charge in [0.15, 0.2) is 0 Å². The summed E-state index contributed by atoms with van der Waals surface area (Å²) in [6, 6.07) is 1.74. The van der Waals surface area contributed by atoms with Crippen molar-refractivity contribution in [1.82, 2.24) is 10.2 Å². The first-order valence-corrected chi connectivity index (χ1v) is 6.78. The third-order valence-electron chi connectivity index (χ3n) is 2.45. The molecule has 0 radical (unpaired) electrons. The fourth-order valence-electron chi connectivity index (χ4n) is 1.26. The molecule has 1 aromatic heterocycles. The maximum Gasteiger partial charge on any atom is 0.150 e. The van der Waals surface area contributed by atoms with E-state index in [0.29, 0.717) is 12.2 Å². The van der Waals surface area contributed by atoms with Gasteiger partial charge in [-0.2, -0.15) is 5.10 Å². The Bertz CT molecular complexity index is 411. The van der Waals surface area contributed by atoms with Gasteiger partial charge >= 0.3 is 0 Å². The highest BCUT2D eigenvalue weighted by atomic mass is 32.2. The van der Waals surface area contributed by atoms with Gasteiger partial charge in [-0.05, 0) is 12.3 Å². The highest BCUT2D eigenvalue weighted by Gasteiger charge is 2.13. The normalized spacial score (nSPS) is 14.0. The van der Waals surface area contributed by atoms with Crippen molar-refractivity contribution in [3.63, 3.8) is 0 Å². The number of aromatic nitrogens is 2. The number of hydrogen-bond acceptors (Lipinski definition) is 4. The van der Waals surface area contributed by atoms with Crippen LogP contribution in [0.3, 0.4) is 0 Å². The quantitative estimate of drug-likeness (QED) is 0.788. The van der Waals surface area contributed by atoms with Crippen LogP contribution in [-0.2, 0) is 9.84 Å². The number of H-pyrrole nitrogens is 1. The molecule has 0 aliphatic carbocycles. The molecule has 15 heavy (non-hydrogen) atoms. The molecule has 1 aromatic rings. The molecule has 0 bridgehead atoms. The van der Waals surface area contributed by atoms with E-state index in [2.05, 4.69) is 10.2 Å². The predicted molar refractivity (Wildman–Crippen MR) is 60.4 cm³/mol. The number of hydrogen-bond donors (Lipinski definition) is 2. The van der Waals surface area contributed by atoms with Crippen molar-refractivity contribution in [1.29, 1.82) is 0 Å². The summed E-state index contributed by atoms with van der Waals surface area (Å²) in [7, 11) is -2.88. The highest BCUT2D eigenvalue weighted by molar-refractivity contribution is 7.91. The van der Waals surface area contributed by atoms with Crippen LogP contribution in [0.25, 0.3) is 0 Å². The van der Waals surface area contributed by atoms with Crippen LogP contribution < -0.4 is 5.73 Å². The lowest BCUT2D eigenvalue weighted by Crippen LogP contribution is -2.11. The summed E-state index contributed by atoms with van der Waals surface area (Å²) in [5.74, 6) is 0.986. The zero-order valence-electron chi connectivity index (χ0n) is 9.03. The molecule has 0 saturated carbocycles. The summed E-state index contributed by atoms with van der Waals surface area (Å²) in [6.07, 6.45) is 0.595. The molecule has 5 nitrogen and oxygen atoms in total. The first kappa shape index (κ1) is 12.0. The second kappa shape index (κ2) is 4.65. The number of nitrogens with one attached hydrogen (secondary N) is 1. The molecule has 1 heterocycles. The number of aromatic amines is 1. The average molecular weight is 231 g/mol. The summed E-state index contributed by atoms with van der Waals surface area (Å²) in [5.41, 5.74) is 6.35. The van der Waals surface area contributed by atoms with E-state index < -0.39 is 9.84 Å². The number of anilines is 1. The Labute approximate surface area is 90.0 Å². The third kappa shape index (κ3) is 3.54. The SMILES string of the molecule is CCS(=O)(=O)CCC(C)c1cc(N)n[nH]1. The van der Waals surface area contributed by atoms with E-state index in [0.717, 1.165) is 5.69 Å². The van der Waals surface area contributed by atoms with Gasteiger partial charge in [0, 0.05) is 17.5 Å². The van der Waals surface area contributed by atoms with Gasteiger partial charge in [0.25, 0.3) is 0 Å². The lowest BCUT2D eigenvalue weighted by Gasteiger charge is -2.08. The Morgan fingerprint density at radius 1 is 1.60 bits per heavy atom. The van der Waals surface area contributed by atoms with Crippen LogP contribution in [0.5, 0.6) is 0 Å². The van der Waals surface area contributed by atoms with E-state index >= 15 is 0 Å². The van der Waals surface area contributed by atoms with Crippen LogP contribution in [-0.4, -0.2) is 30.1 Å². The van der Waals surface area contributed by atoms with Crippen molar-refractivity contribution in [2.75, 3.05) is 17.2 Å². The van der Waals surface area contributed by atoms with Gasteiger partial charge in [-0.3, -0.25) is 5.10 Å². The second-order valence-corrected chi connectivity index (χ2v) is 6.15. The van der Waals surface area contributed by atoms with Crippen molar-refractivity contribution in [2.24, 2.45) is 0 Å². The van der Waals surface area contributed by atoms with Crippen LogP contribution in [0.2, 0.25) is 0 Å². The minimum Gasteiger partial charge on any atom is -0.382 e. The van der Waals surface area contributed by atoms with Gasteiger partial charge in [0.1, 0.15) is 15.7 Å². The Morgan fingerprint density at radius 2 is 2.27 bits per heavy atom. The molecule has 1 unspecified atom stereocenters. The number of rotatable bonds is 5. The largest absolute Gasteiger partial charge is 0.382 e.